The zero-order valence-corrected chi connectivity index (χ0v) is 11.1. The molecule has 1 aromatic rings. The van der Waals surface area contributed by atoms with E-state index < -0.39 is 16.7 Å². The molecule has 0 atom stereocenters. The lowest BCUT2D eigenvalue weighted by molar-refractivity contribution is 0.582. The van der Waals surface area contributed by atoms with Crippen LogP contribution in [0, 0.1) is 17.7 Å². The fraction of sp³-hybridized carbons (Fsp3) is 0. The first kappa shape index (κ1) is 13.1. The van der Waals surface area contributed by atoms with E-state index in [9.17, 15) is 8.78 Å². The lowest BCUT2D eigenvalue weighted by Crippen LogP contribution is -1.80. The average Bonchev–Trinajstić information content (AvgIpc) is 2.02. The number of rotatable bonds is 0. The summed E-state index contributed by atoms with van der Waals surface area (Å²) in [6.07, 6.45) is 0. The molecule has 1 aromatic carbocycles. The van der Waals surface area contributed by atoms with Gasteiger partial charge in [0, 0.05) is 6.07 Å². The van der Waals surface area contributed by atoms with Crippen LogP contribution in [-0.4, -0.2) is 16.0 Å². The van der Waals surface area contributed by atoms with Crippen molar-refractivity contribution in [2.45, 2.75) is 0 Å². The molecule has 0 unspecified atom stereocenters. The molecule has 1 rings (SSSR count). The Morgan fingerprint density at radius 3 is 2.25 bits per heavy atom. The van der Waals surface area contributed by atoms with Crippen LogP contribution in [0.2, 0.25) is 5.02 Å². The maximum atomic E-state index is 12.2. The quantitative estimate of drug-likeness (QED) is 0.502. The smallest absolute Gasteiger partial charge is 0.280 e. The second-order valence-corrected chi connectivity index (χ2v) is 10.0. The Balaban J connectivity index is 0.000000354. The van der Waals surface area contributed by atoms with Crippen LogP contribution in [0.1, 0.15) is 0 Å². The van der Waals surface area contributed by atoms with Crippen molar-refractivity contribution in [3.05, 3.63) is 34.9 Å². The number of hydrogen-bond donors (Lipinski definition) is 0. The van der Waals surface area contributed by atoms with Gasteiger partial charge in [-0.25, -0.2) is 8.78 Å². The highest BCUT2D eigenvalue weighted by atomic mass is 79.9. The third-order valence-electron chi connectivity index (χ3n) is 0.842. The van der Waals surface area contributed by atoms with E-state index in [1.165, 1.54) is 0 Å². The molecule has 63 valence electrons. The van der Waals surface area contributed by atoms with Crippen molar-refractivity contribution in [3.63, 3.8) is 0 Å². The minimum absolute atomic E-state index is 0.0417. The molecule has 0 aromatic heterocycles. The summed E-state index contributed by atoms with van der Waals surface area (Å²) >= 11 is 11.5. The molecule has 0 saturated carbocycles. The van der Waals surface area contributed by atoms with E-state index in [4.69, 9.17) is 11.6 Å². The number of benzene rings is 1. The van der Waals surface area contributed by atoms with Crippen LogP contribution >= 0.6 is 37.4 Å². The second-order valence-electron chi connectivity index (χ2n) is 1.55. The fourth-order valence-electron chi connectivity index (χ4n) is 0.429. The molecular weight excluding hydrogens is 330 g/mol. The van der Waals surface area contributed by atoms with E-state index in [1.54, 1.807) is 0 Å². The van der Waals surface area contributed by atoms with Gasteiger partial charge < -0.3 is 0 Å². The molecule has 0 heterocycles. The highest BCUT2D eigenvalue weighted by Gasteiger charge is 2.02. The summed E-state index contributed by atoms with van der Waals surface area (Å²) in [5.41, 5.74) is 0. The van der Waals surface area contributed by atoms with Crippen molar-refractivity contribution >= 4 is 53.4 Å². The highest BCUT2D eigenvalue weighted by Crippen LogP contribution is 2.16. The third kappa shape index (κ3) is 4.96. The van der Waals surface area contributed by atoms with Gasteiger partial charge in [0.05, 0.1) is 0 Å². The van der Waals surface area contributed by atoms with E-state index in [1.807, 2.05) is 0 Å². The van der Waals surface area contributed by atoms with Gasteiger partial charge >= 0.3 is 16.0 Å². The Labute approximate surface area is 96.1 Å². The van der Waals surface area contributed by atoms with Crippen LogP contribution in [0.15, 0.2) is 12.1 Å². The molecule has 6 heteroatoms. The van der Waals surface area contributed by atoms with Gasteiger partial charge in [-0.15, -0.1) is 0 Å². The largest absolute Gasteiger partial charge is 0.560 e. The standard InChI is InChI=1S/C6H2ClF2.2BrH.Mg/c7-6-4(8)2-1-3-5(6)9;;;/h1-2H;2*1H;/q;;;+2/p-2. The first-order chi connectivity index (χ1) is 5.63. The summed E-state index contributed by atoms with van der Waals surface area (Å²) in [5.74, 6) is -1.61. The molecule has 0 aliphatic heterocycles. The van der Waals surface area contributed by atoms with Gasteiger partial charge in [0.15, 0.2) is 5.82 Å². The molecule has 0 aliphatic carbocycles. The lowest BCUT2D eigenvalue weighted by atomic mass is 10.3. The van der Waals surface area contributed by atoms with Crippen LogP contribution in [0.3, 0.4) is 0 Å². The summed E-state index contributed by atoms with van der Waals surface area (Å²) in [4.78, 5) is 0. The van der Waals surface area contributed by atoms with E-state index in [0.29, 0.717) is 0 Å². The van der Waals surface area contributed by atoms with Crippen LogP contribution < -0.4 is 0 Å². The second kappa shape index (κ2) is 7.50. The predicted molar refractivity (Wildman–Crippen MR) is 53.8 cm³/mol. The summed E-state index contributed by atoms with van der Waals surface area (Å²) in [5, 5.41) is -0.502. The summed E-state index contributed by atoms with van der Waals surface area (Å²) in [6, 6.07) is 4.28. The molecule has 0 aliphatic rings. The normalized spacial score (nSPS) is 8.08. The summed E-state index contributed by atoms with van der Waals surface area (Å²) in [7, 11) is 0. The molecule has 0 spiro atoms. The highest BCUT2D eigenvalue weighted by molar-refractivity contribution is 9.47. The van der Waals surface area contributed by atoms with Crippen LogP contribution in [-0.2, 0) is 0 Å². The maximum absolute atomic E-state index is 12.2. The first-order valence-corrected chi connectivity index (χ1v) is 10.9. The Bertz CT molecular complexity index is 227. The predicted octanol–water partition coefficient (Wildman–Crippen LogP) is 3.73. The molecular formula is C6H2Br2ClF2Mg. The van der Waals surface area contributed by atoms with Crippen LogP contribution in [0.4, 0.5) is 8.78 Å². The molecule has 0 bridgehead atoms. The average molecular weight is 332 g/mol. The zero-order chi connectivity index (χ0) is 9.56. The Hall–Kier alpha value is 1.10. The van der Waals surface area contributed by atoms with Crippen molar-refractivity contribution in [2.24, 2.45) is 0 Å². The Morgan fingerprint density at radius 1 is 1.42 bits per heavy atom. The maximum Gasteiger partial charge on any atom is 0.560 e. The molecule has 0 nitrogen and oxygen atoms in total. The number of halogens is 5. The summed E-state index contributed by atoms with van der Waals surface area (Å²) in [6.45, 7) is 0. The van der Waals surface area contributed by atoms with Crippen molar-refractivity contribution in [2.75, 3.05) is 0 Å². The molecule has 0 N–H and O–H groups in total. The molecule has 1 radical (unpaired) electrons. The van der Waals surface area contributed by atoms with E-state index >= 15 is 0 Å². The van der Waals surface area contributed by atoms with Crippen molar-refractivity contribution in [3.8, 4) is 0 Å². The SMILES string of the molecule is Fc1[c]ccc(F)c1Cl.[Br][Mg][Br]. The zero-order valence-electron chi connectivity index (χ0n) is 5.75. The molecule has 12 heavy (non-hydrogen) atoms. The topological polar surface area (TPSA) is 0 Å². The van der Waals surface area contributed by atoms with Gasteiger partial charge in [-0.2, -0.15) is 0 Å². The van der Waals surface area contributed by atoms with E-state index in [-0.39, 0.29) is 16.0 Å². The lowest BCUT2D eigenvalue weighted by Gasteiger charge is -1.91. The number of hydrogen-bond acceptors (Lipinski definition) is 0. The van der Waals surface area contributed by atoms with Gasteiger partial charge in [0.1, 0.15) is 10.8 Å². The van der Waals surface area contributed by atoms with E-state index in [0.717, 1.165) is 12.1 Å². The van der Waals surface area contributed by atoms with Gasteiger partial charge in [-0.3, -0.25) is 25.8 Å². The third-order valence-corrected chi connectivity index (χ3v) is 1.19. The van der Waals surface area contributed by atoms with Crippen LogP contribution in [0.5, 0.6) is 0 Å². The Morgan fingerprint density at radius 2 is 1.92 bits per heavy atom. The van der Waals surface area contributed by atoms with Gasteiger partial charge in [0.25, 0.3) is 0 Å². The van der Waals surface area contributed by atoms with Crippen molar-refractivity contribution < 1.29 is 8.78 Å². The van der Waals surface area contributed by atoms with Crippen molar-refractivity contribution in [1.82, 2.24) is 0 Å². The Kier molecular flexibility index (Phi) is 8.18. The van der Waals surface area contributed by atoms with Crippen molar-refractivity contribution in [1.29, 1.82) is 0 Å². The van der Waals surface area contributed by atoms with Crippen LogP contribution in [0.25, 0.3) is 0 Å². The minimum Gasteiger partial charge on any atom is -0.280 e. The van der Waals surface area contributed by atoms with Gasteiger partial charge in [-0.1, -0.05) is 11.6 Å². The molecule has 0 amide bonds. The first-order valence-electron chi connectivity index (χ1n) is 2.76. The van der Waals surface area contributed by atoms with Gasteiger partial charge in [0.2, 0.25) is 0 Å². The van der Waals surface area contributed by atoms with E-state index in [2.05, 4.69) is 31.8 Å². The minimum atomic E-state index is -0.850. The summed E-state index contributed by atoms with van der Waals surface area (Å²) < 4.78 is 24.3. The molecule has 0 saturated heterocycles. The monoisotopic (exact) mass is 329 g/mol. The molecule has 0 fully saturated rings. The van der Waals surface area contributed by atoms with Gasteiger partial charge in [-0.05, 0) is 12.1 Å². The fourth-order valence-corrected chi connectivity index (χ4v) is 0.547.